The molecule has 28 heavy (non-hydrogen) atoms. The summed E-state index contributed by atoms with van der Waals surface area (Å²) in [5, 5.41) is 2.92. The maximum Gasteiger partial charge on any atom is 0.260 e. The Morgan fingerprint density at radius 2 is 2.04 bits per heavy atom. The maximum atomic E-state index is 12.2. The second kappa shape index (κ2) is 10.1. The zero-order chi connectivity index (χ0) is 20.7. The summed E-state index contributed by atoms with van der Waals surface area (Å²) in [4.78, 5) is 14.7. The van der Waals surface area contributed by atoms with Crippen molar-refractivity contribution in [2.75, 3.05) is 43.8 Å². The zero-order valence-corrected chi connectivity index (χ0v) is 18.2. The lowest BCUT2D eigenvalue weighted by atomic mass is 10.0. The van der Waals surface area contributed by atoms with Crippen LogP contribution in [0.3, 0.4) is 0 Å². The molecule has 1 heterocycles. The highest BCUT2D eigenvalue weighted by Crippen LogP contribution is 2.21. The molecular weight excluding hydrogens is 378 g/mol. The third kappa shape index (κ3) is 6.98. The van der Waals surface area contributed by atoms with Crippen LogP contribution in [0.15, 0.2) is 24.3 Å². The molecule has 7 nitrogen and oxygen atoms in total. The van der Waals surface area contributed by atoms with Crippen LogP contribution >= 0.6 is 0 Å². The molecule has 1 aromatic carbocycles. The van der Waals surface area contributed by atoms with Crippen LogP contribution in [0.4, 0.5) is 5.69 Å². The predicted octanol–water partition coefficient (Wildman–Crippen LogP) is 2.09. The van der Waals surface area contributed by atoms with E-state index in [0.29, 0.717) is 18.0 Å². The Morgan fingerprint density at radius 3 is 2.64 bits per heavy atom. The van der Waals surface area contributed by atoms with Gasteiger partial charge in [0.1, 0.15) is 5.75 Å². The molecule has 1 fully saturated rings. The molecule has 0 aliphatic carbocycles. The van der Waals surface area contributed by atoms with Gasteiger partial charge in [-0.1, -0.05) is 6.92 Å². The molecule has 8 heteroatoms. The van der Waals surface area contributed by atoms with Crippen LogP contribution in [-0.2, 0) is 14.8 Å². The van der Waals surface area contributed by atoms with Crippen molar-refractivity contribution in [3.8, 4) is 5.75 Å². The maximum absolute atomic E-state index is 12.2. The number of ether oxygens (including phenoxy) is 1. The number of benzene rings is 1. The largest absolute Gasteiger partial charge is 0.481 e. The number of carbonyl (C=O) groups is 1. The third-order valence-electron chi connectivity index (χ3n) is 5.07. The molecule has 1 saturated heterocycles. The molecule has 2 unspecified atom stereocenters. The molecule has 0 bridgehead atoms. The number of hydrogen-bond acceptors (Lipinski definition) is 5. The van der Waals surface area contributed by atoms with Crippen molar-refractivity contribution in [1.82, 2.24) is 10.2 Å². The fraction of sp³-hybridized carbons (Fsp3) is 0.650. The van der Waals surface area contributed by atoms with Gasteiger partial charge < -0.3 is 15.0 Å². The van der Waals surface area contributed by atoms with Gasteiger partial charge in [0, 0.05) is 20.1 Å². The standard InChI is InChI=1S/C20H33N3O4S/c1-16-7-5-13-23(15-16)14-6-12-21-20(24)17(2)27-19-10-8-18(9-11-19)22(3)28(4,25)26/h8-11,16-17H,5-7,12-15H2,1-4H3,(H,21,24). The smallest absolute Gasteiger partial charge is 0.260 e. The van der Waals surface area contributed by atoms with E-state index in [1.165, 1.54) is 24.2 Å². The minimum absolute atomic E-state index is 0.149. The number of likely N-dealkylation sites (tertiary alicyclic amines) is 1. The molecule has 2 atom stereocenters. The van der Waals surface area contributed by atoms with Crippen molar-refractivity contribution in [2.45, 2.75) is 39.2 Å². The van der Waals surface area contributed by atoms with E-state index in [9.17, 15) is 13.2 Å². The van der Waals surface area contributed by atoms with Crippen molar-refractivity contribution in [3.05, 3.63) is 24.3 Å². The first kappa shape index (κ1) is 22.5. The van der Waals surface area contributed by atoms with Gasteiger partial charge in [0.05, 0.1) is 11.9 Å². The summed E-state index contributed by atoms with van der Waals surface area (Å²) in [7, 11) is -1.81. The van der Waals surface area contributed by atoms with Gasteiger partial charge in [-0.15, -0.1) is 0 Å². The van der Waals surface area contributed by atoms with Gasteiger partial charge in [-0.05, 0) is 69.5 Å². The summed E-state index contributed by atoms with van der Waals surface area (Å²) in [6, 6.07) is 6.64. The SMILES string of the molecule is CC1CCCN(CCCNC(=O)C(C)Oc2ccc(N(C)S(C)(=O)=O)cc2)C1. The summed E-state index contributed by atoms with van der Waals surface area (Å²) >= 11 is 0. The van der Waals surface area contributed by atoms with Gasteiger partial charge >= 0.3 is 0 Å². The Balaban J connectivity index is 1.73. The van der Waals surface area contributed by atoms with E-state index in [2.05, 4.69) is 17.1 Å². The summed E-state index contributed by atoms with van der Waals surface area (Å²) in [5.74, 6) is 1.14. The van der Waals surface area contributed by atoms with Crippen molar-refractivity contribution < 1.29 is 17.9 Å². The number of rotatable bonds is 9. The number of hydrogen-bond donors (Lipinski definition) is 1. The molecule has 1 amide bonds. The molecular formula is C20H33N3O4S. The van der Waals surface area contributed by atoms with E-state index in [-0.39, 0.29) is 5.91 Å². The molecule has 0 aromatic heterocycles. The third-order valence-corrected chi connectivity index (χ3v) is 6.28. The lowest BCUT2D eigenvalue weighted by molar-refractivity contribution is -0.127. The molecule has 1 N–H and O–H groups in total. The average molecular weight is 412 g/mol. The Hall–Kier alpha value is -1.80. The fourth-order valence-electron chi connectivity index (χ4n) is 3.33. The number of piperidine rings is 1. The monoisotopic (exact) mass is 411 g/mol. The van der Waals surface area contributed by atoms with Crippen molar-refractivity contribution in [2.24, 2.45) is 5.92 Å². The van der Waals surface area contributed by atoms with Crippen LogP contribution in [0.1, 0.15) is 33.1 Å². The van der Waals surface area contributed by atoms with E-state index in [4.69, 9.17) is 4.74 Å². The molecule has 0 spiro atoms. The first-order valence-corrected chi connectivity index (χ1v) is 11.7. The first-order valence-electron chi connectivity index (χ1n) is 9.87. The number of carbonyl (C=O) groups excluding carboxylic acids is 1. The minimum atomic E-state index is -3.30. The summed E-state index contributed by atoms with van der Waals surface area (Å²) in [5.41, 5.74) is 0.541. The topological polar surface area (TPSA) is 79.0 Å². The van der Waals surface area contributed by atoms with Crippen LogP contribution in [0, 0.1) is 5.92 Å². The van der Waals surface area contributed by atoms with Gasteiger partial charge in [0.15, 0.2) is 6.10 Å². The van der Waals surface area contributed by atoms with E-state index in [0.717, 1.165) is 38.2 Å². The second-order valence-electron chi connectivity index (χ2n) is 7.68. The van der Waals surface area contributed by atoms with E-state index < -0.39 is 16.1 Å². The Bertz CT molecular complexity index is 736. The summed E-state index contributed by atoms with van der Waals surface area (Å²) in [6.45, 7) is 7.95. The molecule has 0 saturated carbocycles. The van der Waals surface area contributed by atoms with Crippen LogP contribution in [-0.4, -0.2) is 64.8 Å². The van der Waals surface area contributed by atoms with E-state index in [1.54, 1.807) is 31.2 Å². The molecule has 158 valence electrons. The number of nitrogens with one attached hydrogen (secondary N) is 1. The Labute approximate surface area is 169 Å². The summed E-state index contributed by atoms with van der Waals surface area (Å²) < 4.78 is 30.0. The second-order valence-corrected chi connectivity index (χ2v) is 9.69. The van der Waals surface area contributed by atoms with Crippen LogP contribution in [0.5, 0.6) is 5.75 Å². The zero-order valence-electron chi connectivity index (χ0n) is 17.3. The van der Waals surface area contributed by atoms with E-state index >= 15 is 0 Å². The van der Waals surface area contributed by atoms with Crippen molar-refractivity contribution in [1.29, 1.82) is 0 Å². The van der Waals surface area contributed by atoms with Crippen LogP contribution < -0.4 is 14.4 Å². The normalized spacial score (nSPS) is 19.1. The van der Waals surface area contributed by atoms with Crippen molar-refractivity contribution >= 4 is 21.6 Å². The molecule has 1 aliphatic heterocycles. The number of sulfonamides is 1. The number of amides is 1. The fourth-order valence-corrected chi connectivity index (χ4v) is 3.84. The van der Waals surface area contributed by atoms with Crippen molar-refractivity contribution in [3.63, 3.8) is 0 Å². The first-order chi connectivity index (χ1) is 13.2. The molecule has 1 aromatic rings. The Morgan fingerprint density at radius 1 is 1.36 bits per heavy atom. The van der Waals surface area contributed by atoms with E-state index in [1.807, 2.05) is 0 Å². The minimum Gasteiger partial charge on any atom is -0.481 e. The Kier molecular flexibility index (Phi) is 8.12. The quantitative estimate of drug-likeness (QED) is 0.630. The summed E-state index contributed by atoms with van der Waals surface area (Å²) in [6.07, 6.45) is 4.03. The average Bonchev–Trinajstić information content (AvgIpc) is 2.64. The van der Waals surface area contributed by atoms with Crippen LogP contribution in [0.2, 0.25) is 0 Å². The molecule has 2 rings (SSSR count). The highest BCUT2D eigenvalue weighted by Gasteiger charge is 2.17. The van der Waals surface area contributed by atoms with Gasteiger partial charge in [-0.3, -0.25) is 9.10 Å². The highest BCUT2D eigenvalue weighted by molar-refractivity contribution is 7.92. The van der Waals surface area contributed by atoms with Crippen LogP contribution in [0.25, 0.3) is 0 Å². The molecule has 0 radical (unpaired) electrons. The predicted molar refractivity (Wildman–Crippen MR) is 112 cm³/mol. The van der Waals surface area contributed by atoms with Gasteiger partial charge in [0.25, 0.3) is 5.91 Å². The lowest BCUT2D eigenvalue weighted by Crippen LogP contribution is -2.39. The van der Waals surface area contributed by atoms with Gasteiger partial charge in [-0.25, -0.2) is 8.42 Å². The van der Waals surface area contributed by atoms with Gasteiger partial charge in [-0.2, -0.15) is 0 Å². The lowest BCUT2D eigenvalue weighted by Gasteiger charge is -2.30. The van der Waals surface area contributed by atoms with Gasteiger partial charge in [0.2, 0.25) is 10.0 Å². The number of nitrogens with zero attached hydrogens (tertiary/aromatic N) is 2. The highest BCUT2D eigenvalue weighted by atomic mass is 32.2. The number of anilines is 1. The molecule has 1 aliphatic rings.